The fourth-order valence-electron chi connectivity index (χ4n) is 3.73. The maximum Gasteiger partial charge on any atom is 0.262 e. The number of methoxy groups -OCH3 is 3. The van der Waals surface area contributed by atoms with Crippen molar-refractivity contribution in [1.82, 2.24) is 9.91 Å². The topological polar surface area (TPSA) is 80.7 Å². The van der Waals surface area contributed by atoms with Gasteiger partial charge >= 0.3 is 0 Å². The van der Waals surface area contributed by atoms with Gasteiger partial charge in [0.15, 0.2) is 0 Å². The summed E-state index contributed by atoms with van der Waals surface area (Å²) < 4.78 is 30.0. The van der Waals surface area contributed by atoms with E-state index < -0.39 is 17.8 Å². The lowest BCUT2D eigenvalue weighted by Gasteiger charge is -2.27. The summed E-state index contributed by atoms with van der Waals surface area (Å²) in [7, 11) is 4.48. The lowest BCUT2D eigenvalue weighted by atomic mass is 9.97. The number of halogens is 1. The second-order valence-electron chi connectivity index (χ2n) is 7.47. The molecule has 0 spiro atoms. The van der Waals surface area contributed by atoms with Gasteiger partial charge in [-0.05, 0) is 12.1 Å². The largest absolute Gasteiger partial charge is 0.496 e. The van der Waals surface area contributed by atoms with Crippen LogP contribution >= 0.6 is 0 Å². The lowest BCUT2D eigenvalue weighted by Crippen LogP contribution is -2.44. The molecule has 0 radical (unpaired) electrons. The summed E-state index contributed by atoms with van der Waals surface area (Å²) in [6.45, 7) is 0.117. The van der Waals surface area contributed by atoms with Crippen LogP contribution in [0.3, 0.4) is 0 Å². The molecule has 176 valence electrons. The number of ether oxygens (including phenoxy) is 3. The minimum atomic E-state index is -0.509. The van der Waals surface area contributed by atoms with Crippen LogP contribution in [0.5, 0.6) is 5.75 Å². The third-order valence-electron chi connectivity index (χ3n) is 5.36. The van der Waals surface area contributed by atoms with E-state index in [2.05, 4.69) is 5.10 Å². The number of nitrogens with zero attached hydrogens (tertiary/aromatic N) is 3. The van der Waals surface area contributed by atoms with E-state index in [0.717, 1.165) is 5.56 Å². The molecule has 0 saturated heterocycles. The first-order chi connectivity index (χ1) is 16.0. The van der Waals surface area contributed by atoms with Gasteiger partial charge in [0.1, 0.15) is 24.7 Å². The van der Waals surface area contributed by atoms with Crippen LogP contribution in [0.1, 0.15) is 23.6 Å². The first-order valence-electron chi connectivity index (χ1n) is 10.5. The van der Waals surface area contributed by atoms with E-state index in [1.807, 2.05) is 18.2 Å². The van der Waals surface area contributed by atoms with Crippen LogP contribution in [-0.2, 0) is 19.1 Å². The third-order valence-corrected chi connectivity index (χ3v) is 5.36. The van der Waals surface area contributed by atoms with Crippen molar-refractivity contribution in [2.24, 2.45) is 5.10 Å². The monoisotopic (exact) mass is 457 g/mol. The van der Waals surface area contributed by atoms with Gasteiger partial charge in [-0.2, -0.15) is 5.10 Å². The van der Waals surface area contributed by atoms with Gasteiger partial charge in [0.25, 0.3) is 5.91 Å². The van der Waals surface area contributed by atoms with Gasteiger partial charge in [-0.1, -0.05) is 36.4 Å². The number of carbonyl (C=O) groups is 2. The highest BCUT2D eigenvalue weighted by molar-refractivity contribution is 6.03. The van der Waals surface area contributed by atoms with Crippen molar-refractivity contribution in [3.8, 4) is 5.75 Å². The molecular weight excluding hydrogens is 429 g/mol. The maximum absolute atomic E-state index is 14.5. The molecule has 1 atom stereocenters. The molecule has 33 heavy (non-hydrogen) atoms. The van der Waals surface area contributed by atoms with Gasteiger partial charge in [-0.15, -0.1) is 0 Å². The van der Waals surface area contributed by atoms with Crippen molar-refractivity contribution in [2.45, 2.75) is 12.5 Å². The predicted octanol–water partition coefficient (Wildman–Crippen LogP) is 2.63. The molecule has 0 N–H and O–H groups in total. The molecular formula is C24H28FN3O5. The Balaban J connectivity index is 1.94. The van der Waals surface area contributed by atoms with Gasteiger partial charge in [0.2, 0.25) is 5.91 Å². The number of hydrazone groups is 1. The Morgan fingerprint density at radius 1 is 1.09 bits per heavy atom. The number of para-hydroxylation sites is 1. The predicted molar refractivity (Wildman–Crippen MR) is 120 cm³/mol. The molecule has 2 amide bonds. The smallest absolute Gasteiger partial charge is 0.262 e. The fraction of sp³-hybridized carbons (Fsp3) is 0.375. The molecule has 2 aromatic rings. The fourth-order valence-corrected chi connectivity index (χ4v) is 3.73. The van der Waals surface area contributed by atoms with Crippen molar-refractivity contribution >= 4 is 17.5 Å². The first-order valence-corrected chi connectivity index (χ1v) is 10.5. The normalized spacial score (nSPS) is 15.3. The molecule has 1 aliphatic heterocycles. The van der Waals surface area contributed by atoms with E-state index >= 15 is 0 Å². The molecule has 0 bridgehead atoms. The molecule has 1 heterocycles. The number of benzene rings is 2. The average Bonchev–Trinajstić information content (AvgIpc) is 3.27. The summed E-state index contributed by atoms with van der Waals surface area (Å²) in [5.74, 6) is -0.564. The molecule has 0 saturated carbocycles. The summed E-state index contributed by atoms with van der Waals surface area (Å²) in [5.41, 5.74) is 1.53. The molecule has 3 rings (SSSR count). The standard InChI is InChI=1S/C24H28FN3O5/c1-31-13-12-27(24(30)16-32-2)15-23(29)28-21(18-9-5-7-11-22(18)33-3)14-20(26-28)17-8-4-6-10-19(17)25/h4-11,21H,12-16H2,1-3H3/t21-/m0/s1. The Bertz CT molecular complexity index is 1010. The van der Waals surface area contributed by atoms with E-state index in [0.29, 0.717) is 23.4 Å². The summed E-state index contributed by atoms with van der Waals surface area (Å²) in [4.78, 5) is 27.2. The Hall–Kier alpha value is -3.30. The molecule has 2 aromatic carbocycles. The second kappa shape index (κ2) is 11.5. The summed E-state index contributed by atoms with van der Waals surface area (Å²) in [6, 6.07) is 13.1. The third kappa shape index (κ3) is 5.74. The van der Waals surface area contributed by atoms with Crippen molar-refractivity contribution in [2.75, 3.05) is 47.6 Å². The zero-order chi connectivity index (χ0) is 23.8. The maximum atomic E-state index is 14.5. The first kappa shape index (κ1) is 24.3. The number of rotatable bonds is 10. The number of amides is 2. The average molecular weight is 458 g/mol. The van der Waals surface area contributed by atoms with Crippen LogP contribution in [0.25, 0.3) is 0 Å². The van der Waals surface area contributed by atoms with Crippen molar-refractivity contribution in [1.29, 1.82) is 0 Å². The summed E-state index contributed by atoms with van der Waals surface area (Å²) >= 11 is 0. The SMILES string of the molecule is COCCN(CC(=O)N1N=C(c2ccccc2F)C[C@H]1c1ccccc1OC)C(=O)COC. The van der Waals surface area contributed by atoms with Crippen LogP contribution in [0.2, 0.25) is 0 Å². The minimum absolute atomic E-state index is 0.156. The number of hydrogen-bond donors (Lipinski definition) is 0. The Kier molecular flexibility index (Phi) is 8.51. The quantitative estimate of drug-likeness (QED) is 0.548. The molecule has 0 aromatic heterocycles. The number of carbonyl (C=O) groups excluding carboxylic acids is 2. The summed E-state index contributed by atoms with van der Waals surface area (Å²) in [5, 5.41) is 5.81. The molecule has 0 aliphatic carbocycles. The van der Waals surface area contributed by atoms with Gasteiger partial charge in [-0.3, -0.25) is 9.59 Å². The van der Waals surface area contributed by atoms with Crippen LogP contribution in [-0.4, -0.2) is 75.1 Å². The van der Waals surface area contributed by atoms with Gasteiger partial charge in [-0.25, -0.2) is 9.40 Å². The highest BCUT2D eigenvalue weighted by Crippen LogP contribution is 2.37. The van der Waals surface area contributed by atoms with E-state index in [9.17, 15) is 14.0 Å². The Labute approximate surface area is 192 Å². The minimum Gasteiger partial charge on any atom is -0.496 e. The zero-order valence-corrected chi connectivity index (χ0v) is 19.0. The van der Waals surface area contributed by atoms with Crippen LogP contribution in [0, 0.1) is 5.82 Å². The van der Waals surface area contributed by atoms with Crippen molar-refractivity contribution in [3.05, 3.63) is 65.5 Å². The van der Waals surface area contributed by atoms with Gasteiger partial charge < -0.3 is 19.1 Å². The van der Waals surface area contributed by atoms with E-state index in [-0.39, 0.29) is 32.2 Å². The second-order valence-corrected chi connectivity index (χ2v) is 7.47. The molecule has 0 unspecified atom stereocenters. The van der Waals surface area contributed by atoms with Crippen LogP contribution < -0.4 is 4.74 Å². The summed E-state index contributed by atoms with van der Waals surface area (Å²) in [6.07, 6.45) is 0.303. The molecule has 0 fully saturated rings. The van der Waals surface area contributed by atoms with Crippen molar-refractivity contribution < 1.29 is 28.2 Å². The molecule has 8 nitrogen and oxygen atoms in total. The highest BCUT2D eigenvalue weighted by atomic mass is 19.1. The highest BCUT2D eigenvalue weighted by Gasteiger charge is 2.36. The Morgan fingerprint density at radius 3 is 2.52 bits per heavy atom. The molecule has 9 heteroatoms. The molecule has 1 aliphatic rings. The van der Waals surface area contributed by atoms with E-state index in [1.165, 1.54) is 30.2 Å². The van der Waals surface area contributed by atoms with Crippen LogP contribution in [0.4, 0.5) is 4.39 Å². The van der Waals surface area contributed by atoms with E-state index in [4.69, 9.17) is 14.2 Å². The van der Waals surface area contributed by atoms with Gasteiger partial charge in [0.05, 0.1) is 25.5 Å². The lowest BCUT2D eigenvalue weighted by molar-refractivity contribution is -0.144. The van der Waals surface area contributed by atoms with Crippen LogP contribution in [0.15, 0.2) is 53.6 Å². The zero-order valence-electron chi connectivity index (χ0n) is 19.0. The van der Waals surface area contributed by atoms with Gasteiger partial charge in [0, 0.05) is 38.3 Å². The van der Waals surface area contributed by atoms with Crippen molar-refractivity contribution in [3.63, 3.8) is 0 Å². The Morgan fingerprint density at radius 2 is 1.82 bits per heavy atom. The number of hydrogen-bond acceptors (Lipinski definition) is 6. The van der Waals surface area contributed by atoms with E-state index in [1.54, 1.807) is 31.4 Å².